The van der Waals surface area contributed by atoms with Crippen molar-refractivity contribution in [3.8, 4) is 0 Å². The summed E-state index contributed by atoms with van der Waals surface area (Å²) in [7, 11) is 0. The van der Waals surface area contributed by atoms with Crippen molar-refractivity contribution in [2.24, 2.45) is 0 Å². The maximum Gasteiger partial charge on any atom is 0.241 e. The molecular weight excluding hydrogens is 264 g/mol. The Morgan fingerprint density at radius 2 is 2.10 bits per heavy atom. The van der Waals surface area contributed by atoms with E-state index in [0.717, 1.165) is 0 Å². The van der Waals surface area contributed by atoms with Crippen molar-refractivity contribution in [1.82, 2.24) is 10.2 Å². The molecule has 1 saturated heterocycles. The van der Waals surface area contributed by atoms with Gasteiger partial charge in [0.25, 0.3) is 0 Å². The molecule has 0 saturated carbocycles. The Morgan fingerprint density at radius 1 is 1.38 bits per heavy atom. The number of nitrogens with zero attached hydrogens (tertiary/aromatic N) is 1. The van der Waals surface area contributed by atoms with Gasteiger partial charge in [0.15, 0.2) is 0 Å². The minimum Gasteiger partial charge on any atom is -0.380 e. The number of benzene rings is 1. The summed E-state index contributed by atoms with van der Waals surface area (Å²) in [5, 5.41) is 3.41. The molecule has 1 aromatic carbocycles. The van der Waals surface area contributed by atoms with Crippen LogP contribution in [0.25, 0.3) is 0 Å². The second kappa shape index (κ2) is 6.58. The maximum absolute atomic E-state index is 12.5. The first kappa shape index (κ1) is 16.0. The van der Waals surface area contributed by atoms with Crippen LogP contribution in [-0.2, 0) is 9.53 Å². The van der Waals surface area contributed by atoms with Gasteiger partial charge in [-0.1, -0.05) is 23.8 Å². The van der Waals surface area contributed by atoms with E-state index in [0.29, 0.717) is 13.2 Å². The lowest BCUT2D eigenvalue weighted by Gasteiger charge is -2.31. The van der Waals surface area contributed by atoms with E-state index in [1.165, 1.54) is 16.7 Å². The number of rotatable bonds is 5. The minimum atomic E-state index is -0.153. The van der Waals surface area contributed by atoms with E-state index < -0.39 is 0 Å². The topological polar surface area (TPSA) is 41.6 Å². The highest BCUT2D eigenvalue weighted by atomic mass is 16.5. The van der Waals surface area contributed by atoms with Gasteiger partial charge in [-0.15, -0.1) is 0 Å². The maximum atomic E-state index is 12.5. The fourth-order valence-corrected chi connectivity index (χ4v) is 2.95. The smallest absolute Gasteiger partial charge is 0.241 e. The van der Waals surface area contributed by atoms with Crippen molar-refractivity contribution < 1.29 is 9.53 Å². The highest BCUT2D eigenvalue weighted by Crippen LogP contribution is 2.30. The highest BCUT2D eigenvalue weighted by molar-refractivity contribution is 5.84. The molecule has 3 unspecified atom stereocenters. The number of aryl methyl sites for hydroxylation is 2. The molecule has 0 spiro atoms. The summed E-state index contributed by atoms with van der Waals surface area (Å²) in [5.74, 6) is 0.146. The first-order chi connectivity index (χ1) is 9.95. The van der Waals surface area contributed by atoms with Gasteiger partial charge in [-0.25, -0.2) is 0 Å². The van der Waals surface area contributed by atoms with Crippen LogP contribution in [0, 0.1) is 13.8 Å². The van der Waals surface area contributed by atoms with Crippen LogP contribution in [-0.4, -0.2) is 36.1 Å². The predicted octanol–water partition coefficient (Wildman–Crippen LogP) is 2.55. The third-order valence-corrected chi connectivity index (χ3v) is 4.07. The molecule has 1 aliphatic heterocycles. The molecule has 21 heavy (non-hydrogen) atoms. The number of nitrogens with one attached hydrogen (secondary N) is 1. The van der Waals surface area contributed by atoms with Gasteiger partial charge in [0.1, 0.15) is 6.17 Å². The lowest BCUT2D eigenvalue weighted by Crippen LogP contribution is -2.41. The summed E-state index contributed by atoms with van der Waals surface area (Å²) < 4.78 is 5.50. The van der Waals surface area contributed by atoms with Crippen LogP contribution < -0.4 is 5.32 Å². The van der Waals surface area contributed by atoms with Crippen LogP contribution in [0.4, 0.5) is 0 Å². The molecular formula is C17H26N2O2. The summed E-state index contributed by atoms with van der Waals surface area (Å²) in [6.07, 6.45) is -0.0662. The van der Waals surface area contributed by atoms with Gasteiger partial charge in [0.2, 0.25) is 5.91 Å². The quantitative estimate of drug-likeness (QED) is 0.906. The largest absolute Gasteiger partial charge is 0.380 e. The molecule has 4 nitrogen and oxygen atoms in total. The van der Waals surface area contributed by atoms with E-state index in [-0.39, 0.29) is 24.2 Å². The van der Waals surface area contributed by atoms with E-state index in [2.05, 4.69) is 37.4 Å². The number of carbonyl (C=O) groups excluding carboxylic acids is 1. The molecule has 1 N–H and O–H groups in total. The SMILES string of the molecule is CCOCC(C)N1C(=O)C(C)NC1c1ccc(C)cc1C. The molecule has 0 aliphatic carbocycles. The van der Waals surface area contributed by atoms with Crippen molar-refractivity contribution in [2.75, 3.05) is 13.2 Å². The van der Waals surface area contributed by atoms with E-state index >= 15 is 0 Å². The number of carbonyl (C=O) groups is 1. The fraction of sp³-hybridized carbons (Fsp3) is 0.588. The van der Waals surface area contributed by atoms with Gasteiger partial charge in [-0.05, 0) is 45.7 Å². The summed E-state index contributed by atoms with van der Waals surface area (Å²) >= 11 is 0. The Hall–Kier alpha value is -1.39. The molecule has 4 heteroatoms. The van der Waals surface area contributed by atoms with Gasteiger partial charge >= 0.3 is 0 Å². The first-order valence-electron chi connectivity index (χ1n) is 7.68. The number of hydrogen-bond donors (Lipinski definition) is 1. The number of amides is 1. The van der Waals surface area contributed by atoms with E-state index in [1.54, 1.807) is 0 Å². The summed E-state index contributed by atoms with van der Waals surface area (Å²) in [4.78, 5) is 14.4. The van der Waals surface area contributed by atoms with Crippen molar-refractivity contribution in [1.29, 1.82) is 0 Å². The van der Waals surface area contributed by atoms with Gasteiger partial charge < -0.3 is 9.64 Å². The zero-order valence-corrected chi connectivity index (χ0v) is 13.6. The predicted molar refractivity (Wildman–Crippen MR) is 84.1 cm³/mol. The Morgan fingerprint density at radius 3 is 2.71 bits per heavy atom. The highest BCUT2D eigenvalue weighted by Gasteiger charge is 2.40. The van der Waals surface area contributed by atoms with Gasteiger partial charge in [-0.3, -0.25) is 10.1 Å². The van der Waals surface area contributed by atoms with Crippen LogP contribution in [0.2, 0.25) is 0 Å². The van der Waals surface area contributed by atoms with E-state index in [4.69, 9.17) is 4.74 Å². The number of ether oxygens (including phenoxy) is 1. The Labute approximate surface area is 127 Å². The Kier molecular flexibility index (Phi) is 5.01. The molecule has 0 aromatic heterocycles. The van der Waals surface area contributed by atoms with Crippen LogP contribution in [0.15, 0.2) is 18.2 Å². The summed E-state index contributed by atoms with van der Waals surface area (Å²) in [5.41, 5.74) is 3.62. The van der Waals surface area contributed by atoms with Crippen LogP contribution in [0.3, 0.4) is 0 Å². The minimum absolute atomic E-state index is 0.0561. The second-order valence-corrected chi connectivity index (χ2v) is 5.90. The zero-order chi connectivity index (χ0) is 15.6. The third-order valence-electron chi connectivity index (χ3n) is 4.07. The fourth-order valence-electron chi connectivity index (χ4n) is 2.95. The molecule has 3 atom stereocenters. The monoisotopic (exact) mass is 290 g/mol. The standard InChI is InChI=1S/C17H26N2O2/c1-6-21-10-13(4)19-16(18-14(5)17(19)20)15-8-7-11(2)9-12(15)3/h7-9,13-14,16,18H,6,10H2,1-5H3. The van der Waals surface area contributed by atoms with Gasteiger partial charge in [-0.2, -0.15) is 0 Å². The lowest BCUT2D eigenvalue weighted by atomic mass is 10.0. The van der Waals surface area contributed by atoms with Crippen molar-refractivity contribution in [3.05, 3.63) is 34.9 Å². The van der Waals surface area contributed by atoms with Crippen LogP contribution in [0.1, 0.15) is 43.6 Å². The van der Waals surface area contributed by atoms with Crippen LogP contribution >= 0.6 is 0 Å². The zero-order valence-electron chi connectivity index (χ0n) is 13.6. The van der Waals surface area contributed by atoms with Crippen LogP contribution in [0.5, 0.6) is 0 Å². The Bertz CT molecular complexity index is 516. The molecule has 0 radical (unpaired) electrons. The molecule has 1 aromatic rings. The molecule has 2 rings (SSSR count). The lowest BCUT2D eigenvalue weighted by molar-refractivity contribution is -0.133. The molecule has 1 amide bonds. The molecule has 1 heterocycles. The molecule has 0 bridgehead atoms. The van der Waals surface area contributed by atoms with Crippen molar-refractivity contribution in [3.63, 3.8) is 0 Å². The average molecular weight is 290 g/mol. The van der Waals surface area contributed by atoms with E-state index in [1.807, 2.05) is 25.7 Å². The van der Waals surface area contributed by atoms with Gasteiger partial charge in [0.05, 0.1) is 18.7 Å². The van der Waals surface area contributed by atoms with Crippen molar-refractivity contribution in [2.45, 2.75) is 52.9 Å². The number of hydrogen-bond acceptors (Lipinski definition) is 3. The summed E-state index contributed by atoms with van der Waals surface area (Å²) in [6.45, 7) is 11.4. The molecule has 1 aliphatic rings. The first-order valence-corrected chi connectivity index (χ1v) is 7.68. The van der Waals surface area contributed by atoms with Crippen molar-refractivity contribution >= 4 is 5.91 Å². The second-order valence-electron chi connectivity index (χ2n) is 5.90. The Balaban J connectivity index is 2.29. The summed E-state index contributed by atoms with van der Waals surface area (Å²) in [6, 6.07) is 6.28. The average Bonchev–Trinajstić information content (AvgIpc) is 2.72. The normalized spacial score (nSPS) is 23.7. The molecule has 1 fully saturated rings. The third kappa shape index (κ3) is 3.27. The van der Waals surface area contributed by atoms with E-state index in [9.17, 15) is 4.79 Å². The van der Waals surface area contributed by atoms with Gasteiger partial charge in [0, 0.05) is 6.61 Å². The molecule has 116 valence electrons.